The van der Waals surface area contributed by atoms with Gasteiger partial charge in [0.05, 0.1) is 23.2 Å². The summed E-state index contributed by atoms with van der Waals surface area (Å²) in [6.07, 6.45) is 5.21. The molecule has 0 saturated heterocycles. The lowest BCUT2D eigenvalue weighted by Crippen LogP contribution is -2.28. The molecule has 0 unspecified atom stereocenters. The molecule has 2 heterocycles. The third-order valence-corrected chi connectivity index (χ3v) is 5.57. The smallest absolute Gasteiger partial charge is 0.343 e. The SMILES string of the molecule is CSc1nc(-c2ccco2)nc(C)c1C(=O)OCC(=O)Nc1ccccc1C(=O)NC1CC1. The van der Waals surface area contributed by atoms with Crippen LogP contribution in [-0.2, 0) is 9.53 Å². The average molecular weight is 467 g/mol. The monoisotopic (exact) mass is 466 g/mol. The summed E-state index contributed by atoms with van der Waals surface area (Å²) in [5.41, 5.74) is 1.30. The molecule has 2 aromatic heterocycles. The van der Waals surface area contributed by atoms with E-state index in [-0.39, 0.29) is 17.5 Å². The number of anilines is 1. The number of rotatable bonds is 8. The van der Waals surface area contributed by atoms with Gasteiger partial charge in [-0.05, 0) is 50.3 Å². The van der Waals surface area contributed by atoms with Crippen LogP contribution in [0.5, 0.6) is 0 Å². The number of nitrogens with one attached hydrogen (secondary N) is 2. The van der Waals surface area contributed by atoms with Gasteiger partial charge in [-0.2, -0.15) is 0 Å². The van der Waals surface area contributed by atoms with Crippen molar-refractivity contribution in [1.29, 1.82) is 0 Å². The van der Waals surface area contributed by atoms with Crippen LogP contribution in [0.4, 0.5) is 5.69 Å². The van der Waals surface area contributed by atoms with E-state index >= 15 is 0 Å². The lowest BCUT2D eigenvalue weighted by Gasteiger charge is -2.13. The Morgan fingerprint density at radius 1 is 1.15 bits per heavy atom. The normalized spacial score (nSPS) is 12.8. The maximum atomic E-state index is 12.7. The minimum atomic E-state index is -0.710. The summed E-state index contributed by atoms with van der Waals surface area (Å²) < 4.78 is 10.6. The zero-order valence-corrected chi connectivity index (χ0v) is 18.9. The van der Waals surface area contributed by atoms with Gasteiger partial charge in [-0.15, -0.1) is 11.8 Å². The van der Waals surface area contributed by atoms with E-state index in [1.54, 1.807) is 49.6 Å². The standard InChI is InChI=1S/C23H22N4O5S/c1-13-19(22(33-2)27-20(24-13)17-8-5-11-31-17)23(30)32-12-18(28)26-16-7-4-3-6-15(16)21(29)25-14-9-10-14/h3-8,11,14H,9-10,12H2,1-2H3,(H,25,29)(H,26,28). The molecular formula is C23H22N4O5S. The van der Waals surface area contributed by atoms with Gasteiger partial charge in [0.1, 0.15) is 10.6 Å². The van der Waals surface area contributed by atoms with Gasteiger partial charge in [-0.25, -0.2) is 14.8 Å². The van der Waals surface area contributed by atoms with Crippen LogP contribution >= 0.6 is 11.8 Å². The van der Waals surface area contributed by atoms with Crippen LogP contribution in [0, 0.1) is 6.92 Å². The van der Waals surface area contributed by atoms with E-state index in [0.29, 0.717) is 33.6 Å². The van der Waals surface area contributed by atoms with Crippen molar-refractivity contribution in [3.05, 3.63) is 59.5 Å². The van der Waals surface area contributed by atoms with Gasteiger partial charge in [-0.3, -0.25) is 9.59 Å². The van der Waals surface area contributed by atoms with Crippen molar-refractivity contribution in [2.24, 2.45) is 0 Å². The minimum absolute atomic E-state index is 0.190. The summed E-state index contributed by atoms with van der Waals surface area (Å²) in [5.74, 6) is -0.682. The maximum Gasteiger partial charge on any atom is 0.343 e. The summed E-state index contributed by atoms with van der Waals surface area (Å²) in [7, 11) is 0. The third-order valence-electron chi connectivity index (χ3n) is 4.89. The Bertz CT molecular complexity index is 1190. The first-order valence-corrected chi connectivity index (χ1v) is 11.5. The number of hydrogen-bond acceptors (Lipinski definition) is 8. The molecule has 0 bridgehead atoms. The molecule has 1 saturated carbocycles. The molecule has 9 nitrogen and oxygen atoms in total. The molecule has 0 atom stereocenters. The highest BCUT2D eigenvalue weighted by Crippen LogP contribution is 2.26. The van der Waals surface area contributed by atoms with Crippen LogP contribution in [0.3, 0.4) is 0 Å². The maximum absolute atomic E-state index is 12.7. The highest BCUT2D eigenvalue weighted by Gasteiger charge is 2.25. The van der Waals surface area contributed by atoms with Crippen LogP contribution < -0.4 is 10.6 Å². The molecule has 170 valence electrons. The summed E-state index contributed by atoms with van der Waals surface area (Å²) in [4.78, 5) is 46.3. The van der Waals surface area contributed by atoms with Crippen LogP contribution in [0.2, 0.25) is 0 Å². The van der Waals surface area contributed by atoms with E-state index in [0.717, 1.165) is 12.8 Å². The van der Waals surface area contributed by atoms with Gasteiger partial charge in [0.2, 0.25) is 0 Å². The molecule has 0 spiro atoms. The van der Waals surface area contributed by atoms with Crippen molar-refractivity contribution in [2.75, 3.05) is 18.2 Å². The number of esters is 1. The molecule has 1 aliphatic carbocycles. The number of thioether (sulfide) groups is 1. The molecule has 1 fully saturated rings. The summed E-state index contributed by atoms with van der Waals surface area (Å²) in [6, 6.07) is 10.3. The fraction of sp³-hybridized carbons (Fsp3) is 0.261. The number of benzene rings is 1. The zero-order valence-electron chi connectivity index (χ0n) is 18.1. The number of carbonyl (C=O) groups excluding carboxylic acids is 3. The first-order valence-electron chi connectivity index (χ1n) is 10.3. The van der Waals surface area contributed by atoms with Crippen molar-refractivity contribution in [2.45, 2.75) is 30.8 Å². The lowest BCUT2D eigenvalue weighted by molar-refractivity contribution is -0.119. The zero-order chi connectivity index (χ0) is 23.4. The molecule has 33 heavy (non-hydrogen) atoms. The average Bonchev–Trinajstić information content (AvgIpc) is 3.44. The number of ether oxygens (including phenoxy) is 1. The van der Waals surface area contributed by atoms with Crippen molar-refractivity contribution >= 4 is 35.2 Å². The predicted molar refractivity (Wildman–Crippen MR) is 122 cm³/mol. The number of amides is 2. The fourth-order valence-electron chi connectivity index (χ4n) is 3.12. The van der Waals surface area contributed by atoms with Gasteiger partial charge in [0.15, 0.2) is 18.2 Å². The van der Waals surface area contributed by atoms with Crippen LogP contribution in [0.1, 0.15) is 39.3 Å². The Morgan fingerprint density at radius 2 is 1.94 bits per heavy atom. The third kappa shape index (κ3) is 5.40. The Hall–Kier alpha value is -3.66. The van der Waals surface area contributed by atoms with Crippen LogP contribution in [-0.4, -0.2) is 46.7 Å². The van der Waals surface area contributed by atoms with Gasteiger partial charge < -0.3 is 19.8 Å². The number of nitrogens with zero attached hydrogens (tertiary/aromatic N) is 2. The van der Waals surface area contributed by atoms with Crippen molar-refractivity contribution in [3.8, 4) is 11.6 Å². The Morgan fingerprint density at radius 3 is 2.64 bits per heavy atom. The van der Waals surface area contributed by atoms with Gasteiger partial charge in [0.25, 0.3) is 11.8 Å². The van der Waals surface area contributed by atoms with E-state index < -0.39 is 18.5 Å². The number of furan rings is 1. The predicted octanol–water partition coefficient (Wildman–Crippen LogP) is 3.45. The first-order chi connectivity index (χ1) is 16.0. The topological polar surface area (TPSA) is 123 Å². The second-order valence-electron chi connectivity index (χ2n) is 7.41. The van der Waals surface area contributed by atoms with Crippen molar-refractivity contribution in [1.82, 2.24) is 15.3 Å². The van der Waals surface area contributed by atoms with E-state index in [1.165, 1.54) is 18.0 Å². The minimum Gasteiger partial charge on any atom is -0.461 e. The number of carbonyl (C=O) groups is 3. The summed E-state index contributed by atoms with van der Waals surface area (Å²) >= 11 is 1.26. The molecule has 1 aliphatic rings. The van der Waals surface area contributed by atoms with E-state index in [4.69, 9.17) is 9.15 Å². The van der Waals surface area contributed by atoms with Crippen LogP contribution in [0.15, 0.2) is 52.1 Å². The van der Waals surface area contributed by atoms with E-state index in [9.17, 15) is 14.4 Å². The summed E-state index contributed by atoms with van der Waals surface area (Å²) in [5, 5.41) is 5.95. The molecule has 2 amide bonds. The Kier molecular flexibility index (Phi) is 6.74. The number of aromatic nitrogens is 2. The number of hydrogen-bond donors (Lipinski definition) is 2. The molecule has 4 rings (SSSR count). The quantitative estimate of drug-likeness (QED) is 0.294. The van der Waals surface area contributed by atoms with Gasteiger partial charge in [-0.1, -0.05) is 12.1 Å². The molecule has 0 aliphatic heterocycles. The second-order valence-corrected chi connectivity index (χ2v) is 8.21. The molecule has 0 radical (unpaired) electrons. The Balaban J connectivity index is 1.42. The van der Waals surface area contributed by atoms with E-state index in [1.807, 2.05) is 0 Å². The first kappa shape index (κ1) is 22.5. The molecule has 1 aromatic carbocycles. The highest BCUT2D eigenvalue weighted by molar-refractivity contribution is 7.98. The fourth-order valence-corrected chi connectivity index (χ4v) is 3.73. The van der Waals surface area contributed by atoms with Crippen LogP contribution in [0.25, 0.3) is 11.6 Å². The lowest BCUT2D eigenvalue weighted by atomic mass is 10.1. The largest absolute Gasteiger partial charge is 0.461 e. The number of para-hydroxylation sites is 1. The molecular weight excluding hydrogens is 444 g/mol. The second kappa shape index (κ2) is 9.86. The molecule has 2 N–H and O–H groups in total. The Labute approximate surface area is 194 Å². The van der Waals surface area contributed by atoms with Crippen molar-refractivity contribution < 1.29 is 23.5 Å². The van der Waals surface area contributed by atoms with Gasteiger partial charge >= 0.3 is 5.97 Å². The highest BCUT2D eigenvalue weighted by atomic mass is 32.2. The van der Waals surface area contributed by atoms with Crippen molar-refractivity contribution in [3.63, 3.8) is 0 Å². The summed E-state index contributed by atoms with van der Waals surface area (Å²) in [6.45, 7) is 1.14. The number of aryl methyl sites for hydroxylation is 1. The van der Waals surface area contributed by atoms with E-state index in [2.05, 4.69) is 20.6 Å². The molecule has 3 aromatic rings. The van der Waals surface area contributed by atoms with Gasteiger partial charge in [0, 0.05) is 6.04 Å². The molecule has 10 heteroatoms.